The average Bonchev–Trinajstić information content (AvgIpc) is 2.98. The Balaban J connectivity index is 1.41. The normalized spacial score (nSPS) is 55.0. The third-order valence-electron chi connectivity index (χ3n) is 15.2. The van der Waals surface area contributed by atoms with E-state index >= 15 is 0 Å². The molecule has 11 nitrogen and oxygen atoms in total. The molecule has 0 aromatic rings. The molecule has 0 spiro atoms. The third kappa shape index (κ3) is 4.67. The Morgan fingerprint density at radius 3 is 2.11 bits per heavy atom. The number of hydrogen-bond acceptors (Lipinski definition) is 11. The van der Waals surface area contributed by atoms with Crippen molar-refractivity contribution in [2.75, 3.05) is 6.61 Å². The second kappa shape index (κ2) is 11.2. The van der Waals surface area contributed by atoms with Crippen molar-refractivity contribution < 1.29 is 55.1 Å². The van der Waals surface area contributed by atoms with Gasteiger partial charge in [-0.15, -0.1) is 0 Å². The molecule has 6 aliphatic rings. The summed E-state index contributed by atoms with van der Waals surface area (Å²) in [5, 5.41) is 87.3. The van der Waals surface area contributed by atoms with Crippen LogP contribution in [0.5, 0.6) is 0 Å². The summed E-state index contributed by atoms with van der Waals surface area (Å²) in [5.74, 6) is -1.46. The molecule has 0 unspecified atom stereocenters. The monoisotopic (exact) mass is 666 g/mol. The molecule has 6 rings (SSSR count). The summed E-state index contributed by atoms with van der Waals surface area (Å²) in [6.07, 6.45) is -5.78. The Kier molecular flexibility index (Phi) is 8.48. The van der Waals surface area contributed by atoms with Crippen molar-refractivity contribution >= 4 is 5.97 Å². The van der Waals surface area contributed by atoms with Crippen molar-refractivity contribution in [3.8, 4) is 0 Å². The molecule has 0 radical (unpaired) electrons. The minimum absolute atomic E-state index is 0.0564. The van der Waals surface area contributed by atoms with Crippen molar-refractivity contribution in [1.82, 2.24) is 0 Å². The summed E-state index contributed by atoms with van der Waals surface area (Å²) in [7, 11) is 0. The molecular formula is C36H58O11. The largest absolute Gasteiger partial charge is 0.432 e. The number of aliphatic hydroxyl groups excluding tert-OH is 8. The second-order valence-electron chi connectivity index (χ2n) is 18.2. The lowest BCUT2D eigenvalue weighted by atomic mass is 9.32. The van der Waals surface area contributed by atoms with Crippen molar-refractivity contribution in [3.05, 3.63) is 11.6 Å². The third-order valence-corrected chi connectivity index (χ3v) is 15.2. The number of carbonyl (C=O) groups is 1. The first-order valence-corrected chi connectivity index (χ1v) is 17.6. The molecule has 11 heteroatoms. The quantitative estimate of drug-likeness (QED) is 0.160. The van der Waals surface area contributed by atoms with Gasteiger partial charge in [-0.2, -0.15) is 0 Å². The van der Waals surface area contributed by atoms with Gasteiger partial charge in [0.15, 0.2) is 0 Å². The Bertz CT molecular complexity index is 1280. The molecule has 4 saturated carbocycles. The fraction of sp³-hybridized carbons (Fsp3) is 0.917. The lowest BCUT2D eigenvalue weighted by molar-refractivity contribution is -0.299. The highest BCUT2D eigenvalue weighted by atomic mass is 16.7. The zero-order valence-corrected chi connectivity index (χ0v) is 29.0. The highest BCUT2D eigenvalue weighted by molar-refractivity contribution is 5.79. The van der Waals surface area contributed by atoms with Crippen molar-refractivity contribution in [2.24, 2.45) is 50.2 Å². The van der Waals surface area contributed by atoms with Gasteiger partial charge >= 0.3 is 5.97 Å². The molecule has 5 fully saturated rings. The van der Waals surface area contributed by atoms with E-state index in [9.17, 15) is 45.6 Å². The van der Waals surface area contributed by atoms with Gasteiger partial charge in [0.2, 0.25) is 6.29 Å². The van der Waals surface area contributed by atoms with E-state index in [4.69, 9.17) is 9.47 Å². The number of carbonyl (C=O) groups excluding carboxylic acids is 1. The number of aliphatic hydroxyl groups is 8. The van der Waals surface area contributed by atoms with E-state index in [1.807, 2.05) is 27.7 Å². The predicted molar refractivity (Wildman–Crippen MR) is 169 cm³/mol. The minimum Gasteiger partial charge on any atom is -0.432 e. The van der Waals surface area contributed by atoms with Gasteiger partial charge in [-0.3, -0.25) is 4.79 Å². The topological polar surface area (TPSA) is 197 Å². The van der Waals surface area contributed by atoms with Crippen LogP contribution in [0.3, 0.4) is 0 Å². The molecule has 0 amide bonds. The van der Waals surface area contributed by atoms with E-state index in [2.05, 4.69) is 26.8 Å². The summed E-state index contributed by atoms with van der Waals surface area (Å²) in [4.78, 5) is 14.4. The summed E-state index contributed by atoms with van der Waals surface area (Å²) in [6, 6.07) is 0. The van der Waals surface area contributed by atoms with Crippen molar-refractivity contribution in [3.63, 3.8) is 0 Å². The Hall–Kier alpha value is -1.15. The van der Waals surface area contributed by atoms with Gasteiger partial charge in [0, 0.05) is 5.92 Å². The average molecular weight is 667 g/mol. The highest BCUT2D eigenvalue weighted by Gasteiger charge is 2.73. The van der Waals surface area contributed by atoms with Gasteiger partial charge in [0.25, 0.3) is 0 Å². The zero-order chi connectivity index (χ0) is 34.9. The Morgan fingerprint density at radius 2 is 1.47 bits per heavy atom. The number of rotatable bonds is 3. The van der Waals surface area contributed by atoms with Gasteiger partial charge in [-0.1, -0.05) is 60.1 Å². The lowest BCUT2D eigenvalue weighted by Crippen LogP contribution is -2.71. The second-order valence-corrected chi connectivity index (χ2v) is 18.2. The van der Waals surface area contributed by atoms with Gasteiger partial charge in [-0.25, -0.2) is 0 Å². The van der Waals surface area contributed by atoms with Crippen LogP contribution >= 0.6 is 0 Å². The first-order valence-electron chi connectivity index (χ1n) is 17.6. The zero-order valence-electron chi connectivity index (χ0n) is 29.0. The molecule has 1 saturated heterocycles. The maximum absolute atomic E-state index is 14.4. The van der Waals surface area contributed by atoms with Gasteiger partial charge in [0.1, 0.15) is 24.4 Å². The number of allylic oxidation sites excluding steroid dienone is 1. The fourth-order valence-electron chi connectivity index (χ4n) is 12.3. The first kappa shape index (κ1) is 35.7. The smallest absolute Gasteiger partial charge is 0.315 e. The number of ether oxygens (including phenoxy) is 2. The summed E-state index contributed by atoms with van der Waals surface area (Å²) < 4.78 is 11.4. The van der Waals surface area contributed by atoms with Crippen LogP contribution in [-0.4, -0.2) is 109 Å². The molecule has 0 aromatic carbocycles. The minimum atomic E-state index is -1.73. The molecule has 8 N–H and O–H groups in total. The summed E-state index contributed by atoms with van der Waals surface area (Å²) >= 11 is 0. The van der Waals surface area contributed by atoms with Crippen LogP contribution in [0.15, 0.2) is 11.6 Å². The van der Waals surface area contributed by atoms with E-state index in [1.165, 1.54) is 0 Å². The van der Waals surface area contributed by atoms with Crippen LogP contribution in [0.1, 0.15) is 93.4 Å². The van der Waals surface area contributed by atoms with E-state index in [1.54, 1.807) is 0 Å². The van der Waals surface area contributed by atoms with Crippen molar-refractivity contribution in [1.29, 1.82) is 0 Å². The first-order chi connectivity index (χ1) is 21.6. The summed E-state index contributed by atoms with van der Waals surface area (Å²) in [6.45, 7) is 13.8. The molecule has 0 aromatic heterocycles. The molecule has 0 bridgehead atoms. The SMILES string of the molecule is CC1(C)CC[C@]2(C(=O)O[C@@H]3O[C@H](CO)[C@@H](O)[C@H](O)[C@H]3O)CC[C@]3(C)C(=CC[C@H]4[C@@]5(C)C[C@@H](O)[C@H](O)C(C)(C)[C@H]5[C@H](O)C[C@]43C)[C@@H]2[C@@H]1O. The van der Waals surface area contributed by atoms with Gasteiger partial charge < -0.3 is 50.3 Å². The highest BCUT2D eigenvalue weighted by Crippen LogP contribution is 2.75. The standard InChI is InChI=1S/C36H58O11/c1-31(2)10-12-36(30(45)47-29-25(42)24(41)23(40)20(16-37)46-29)13-11-34(6)17(22(36)28(31)44)8-9-21-33(5)14-19(39)27(43)32(3,4)26(33)18(38)15-35(21,34)7/h8,18-29,37-44H,9-16H2,1-7H3/t18-,19-,20-,21+,22-,23-,24+,25-,26-,27+,28+,29+,33-,34-,35-,36+/m1/s1. The van der Waals surface area contributed by atoms with Crippen LogP contribution in [0.4, 0.5) is 0 Å². The Morgan fingerprint density at radius 1 is 0.830 bits per heavy atom. The lowest BCUT2D eigenvalue weighted by Gasteiger charge is -2.72. The molecular weight excluding hydrogens is 608 g/mol. The van der Waals surface area contributed by atoms with E-state index in [-0.39, 0.29) is 11.8 Å². The van der Waals surface area contributed by atoms with Crippen LogP contribution in [-0.2, 0) is 14.3 Å². The fourth-order valence-corrected chi connectivity index (χ4v) is 12.3. The van der Waals surface area contributed by atoms with Gasteiger partial charge in [0.05, 0.1) is 36.4 Å². The molecule has 1 aliphatic heterocycles. The number of hydrogen-bond donors (Lipinski definition) is 8. The van der Waals surface area contributed by atoms with Crippen molar-refractivity contribution in [2.45, 2.75) is 149 Å². The molecule has 16 atom stereocenters. The maximum atomic E-state index is 14.4. The van der Waals surface area contributed by atoms with Crippen LogP contribution in [0.2, 0.25) is 0 Å². The number of fused-ring (bicyclic) bond motifs is 7. The number of esters is 1. The Labute approximate surface area is 278 Å². The van der Waals surface area contributed by atoms with E-state index in [0.29, 0.717) is 44.9 Å². The maximum Gasteiger partial charge on any atom is 0.315 e. The van der Waals surface area contributed by atoms with Crippen LogP contribution in [0.25, 0.3) is 0 Å². The molecule has 47 heavy (non-hydrogen) atoms. The summed E-state index contributed by atoms with van der Waals surface area (Å²) in [5.41, 5.74) is -2.90. The molecule has 5 aliphatic carbocycles. The predicted octanol–water partition coefficient (Wildman–Crippen LogP) is 1.40. The molecule has 1 heterocycles. The van der Waals surface area contributed by atoms with Crippen LogP contribution < -0.4 is 0 Å². The van der Waals surface area contributed by atoms with E-state index < -0.39 is 106 Å². The molecule has 268 valence electrons. The van der Waals surface area contributed by atoms with E-state index in [0.717, 1.165) is 5.57 Å². The van der Waals surface area contributed by atoms with Crippen LogP contribution in [0, 0.1) is 50.2 Å². The van der Waals surface area contributed by atoms with Gasteiger partial charge in [-0.05, 0) is 83.9 Å².